The Balaban J connectivity index is 2.01. The van der Waals surface area contributed by atoms with Crippen molar-refractivity contribution >= 4 is 35.5 Å². The van der Waals surface area contributed by atoms with Gasteiger partial charge in [-0.25, -0.2) is 9.78 Å². The SMILES string of the molecule is CSCCC(N)C(=O)NCC(=O)NC(Cc1cnc[nH]1)C(=O)NC(Cc1ccccc1)C(=O)O. The van der Waals surface area contributed by atoms with Crippen LogP contribution in [-0.4, -0.2) is 75.4 Å². The second kappa shape index (κ2) is 14.0. The van der Waals surface area contributed by atoms with E-state index in [1.165, 1.54) is 12.5 Å². The molecule has 34 heavy (non-hydrogen) atoms. The first kappa shape index (κ1) is 26.9. The number of imidazole rings is 1. The van der Waals surface area contributed by atoms with Crippen molar-refractivity contribution < 1.29 is 24.3 Å². The minimum atomic E-state index is -1.20. The predicted molar refractivity (Wildman–Crippen MR) is 128 cm³/mol. The number of carbonyl (C=O) groups excluding carboxylic acids is 3. The smallest absolute Gasteiger partial charge is 0.326 e. The first-order valence-electron chi connectivity index (χ1n) is 10.7. The number of rotatable bonds is 14. The van der Waals surface area contributed by atoms with Crippen LogP contribution in [0.25, 0.3) is 0 Å². The van der Waals surface area contributed by atoms with Crippen LogP contribution in [0.5, 0.6) is 0 Å². The molecule has 0 saturated carbocycles. The minimum absolute atomic E-state index is 0.0520. The molecule has 3 amide bonds. The van der Waals surface area contributed by atoms with E-state index in [1.807, 2.05) is 12.3 Å². The van der Waals surface area contributed by atoms with E-state index in [4.69, 9.17) is 5.73 Å². The first-order chi connectivity index (χ1) is 16.3. The number of carboxylic acids is 1. The van der Waals surface area contributed by atoms with Gasteiger partial charge >= 0.3 is 5.97 Å². The molecule has 1 aromatic carbocycles. The number of aromatic nitrogens is 2. The monoisotopic (exact) mass is 490 g/mol. The van der Waals surface area contributed by atoms with Crippen molar-refractivity contribution in [2.24, 2.45) is 5.73 Å². The van der Waals surface area contributed by atoms with Crippen molar-refractivity contribution in [2.75, 3.05) is 18.6 Å². The quantitative estimate of drug-likeness (QED) is 0.204. The lowest BCUT2D eigenvalue weighted by atomic mass is 10.0. The Bertz CT molecular complexity index is 941. The summed E-state index contributed by atoms with van der Waals surface area (Å²) >= 11 is 1.56. The zero-order valence-corrected chi connectivity index (χ0v) is 19.6. The van der Waals surface area contributed by atoms with Gasteiger partial charge in [-0.1, -0.05) is 30.3 Å². The van der Waals surface area contributed by atoms with Gasteiger partial charge in [0.1, 0.15) is 12.1 Å². The zero-order chi connectivity index (χ0) is 24.9. The van der Waals surface area contributed by atoms with Crippen molar-refractivity contribution in [3.05, 3.63) is 54.1 Å². The van der Waals surface area contributed by atoms with Gasteiger partial charge in [0.05, 0.1) is 18.9 Å². The standard InChI is InChI=1S/C22H30N6O5S/c1-34-8-7-16(23)20(30)25-12-19(29)27-17(10-15-11-24-13-26-15)21(31)28-18(22(32)33)9-14-5-3-2-4-6-14/h2-6,11,13,16-18H,7-10,12,23H2,1H3,(H,24,26)(H,25,30)(H,27,29)(H,28,31)(H,32,33). The van der Waals surface area contributed by atoms with E-state index in [2.05, 4.69) is 25.9 Å². The van der Waals surface area contributed by atoms with Crippen LogP contribution < -0.4 is 21.7 Å². The first-order valence-corrected chi connectivity index (χ1v) is 12.1. The molecule has 0 spiro atoms. The molecule has 12 heteroatoms. The fourth-order valence-electron chi connectivity index (χ4n) is 3.07. The molecule has 0 aliphatic heterocycles. The molecule has 11 nitrogen and oxygen atoms in total. The molecule has 1 heterocycles. The van der Waals surface area contributed by atoms with Gasteiger partial charge in [-0.2, -0.15) is 11.8 Å². The number of hydrogen-bond acceptors (Lipinski definition) is 7. The number of amides is 3. The maximum Gasteiger partial charge on any atom is 0.326 e. The molecule has 3 unspecified atom stereocenters. The lowest BCUT2D eigenvalue weighted by Gasteiger charge is -2.21. The van der Waals surface area contributed by atoms with Crippen LogP contribution in [0, 0.1) is 0 Å². The third kappa shape index (κ3) is 9.24. The second-order valence-corrected chi connectivity index (χ2v) is 8.58. The predicted octanol–water partition coefficient (Wildman–Crippen LogP) is -0.554. The molecular weight excluding hydrogens is 460 g/mol. The van der Waals surface area contributed by atoms with Gasteiger partial charge in [0.25, 0.3) is 0 Å². The third-order valence-electron chi connectivity index (χ3n) is 4.92. The highest BCUT2D eigenvalue weighted by Gasteiger charge is 2.27. The molecule has 3 atom stereocenters. The van der Waals surface area contributed by atoms with Crippen LogP contribution in [0.1, 0.15) is 17.7 Å². The average molecular weight is 491 g/mol. The van der Waals surface area contributed by atoms with Crippen molar-refractivity contribution in [3.63, 3.8) is 0 Å². The molecule has 1 aromatic heterocycles. The summed E-state index contributed by atoms with van der Waals surface area (Å²) in [7, 11) is 0. The summed E-state index contributed by atoms with van der Waals surface area (Å²) in [5, 5.41) is 17.1. The van der Waals surface area contributed by atoms with E-state index in [9.17, 15) is 24.3 Å². The van der Waals surface area contributed by atoms with Crippen molar-refractivity contribution in [1.29, 1.82) is 0 Å². The highest BCUT2D eigenvalue weighted by Crippen LogP contribution is 2.06. The van der Waals surface area contributed by atoms with Crippen molar-refractivity contribution in [2.45, 2.75) is 37.4 Å². The Kier molecular flexibility index (Phi) is 11.1. The van der Waals surface area contributed by atoms with Gasteiger partial charge in [-0.3, -0.25) is 14.4 Å². The summed E-state index contributed by atoms with van der Waals surface area (Å²) in [6.45, 7) is -0.370. The lowest BCUT2D eigenvalue weighted by Crippen LogP contribution is -2.55. The Morgan fingerprint density at radius 2 is 1.82 bits per heavy atom. The van der Waals surface area contributed by atoms with Crippen molar-refractivity contribution in [3.8, 4) is 0 Å². The van der Waals surface area contributed by atoms with Crippen LogP contribution >= 0.6 is 11.8 Å². The molecule has 0 fully saturated rings. The number of aromatic amines is 1. The summed E-state index contributed by atoms with van der Waals surface area (Å²) < 4.78 is 0. The van der Waals surface area contributed by atoms with E-state index < -0.39 is 41.8 Å². The van der Waals surface area contributed by atoms with Crippen LogP contribution in [0.3, 0.4) is 0 Å². The normalized spacial score (nSPS) is 13.4. The van der Waals surface area contributed by atoms with E-state index >= 15 is 0 Å². The molecular formula is C22H30N6O5S. The molecule has 2 rings (SSSR count). The topological polar surface area (TPSA) is 179 Å². The number of thioether (sulfide) groups is 1. The molecule has 0 aliphatic rings. The molecule has 0 saturated heterocycles. The number of carboxylic acid groups (broad SMARTS) is 1. The van der Waals surface area contributed by atoms with Gasteiger partial charge in [0.2, 0.25) is 17.7 Å². The summed E-state index contributed by atoms with van der Waals surface area (Å²) in [6.07, 6.45) is 5.43. The average Bonchev–Trinajstić information content (AvgIpc) is 3.33. The Labute approximate surface area is 201 Å². The molecule has 184 valence electrons. The molecule has 0 radical (unpaired) electrons. The lowest BCUT2D eigenvalue weighted by molar-refractivity contribution is -0.142. The number of benzene rings is 1. The molecule has 7 N–H and O–H groups in total. The van der Waals surface area contributed by atoms with Gasteiger partial charge in [-0.15, -0.1) is 0 Å². The number of carbonyl (C=O) groups is 4. The second-order valence-electron chi connectivity index (χ2n) is 7.60. The number of H-pyrrole nitrogens is 1. The van der Waals surface area contributed by atoms with Crippen LogP contribution in [0.4, 0.5) is 0 Å². The number of hydrogen-bond donors (Lipinski definition) is 6. The van der Waals surface area contributed by atoms with Crippen molar-refractivity contribution in [1.82, 2.24) is 25.9 Å². The van der Waals surface area contributed by atoms with E-state index in [0.717, 1.165) is 5.56 Å². The van der Waals surface area contributed by atoms with E-state index in [0.29, 0.717) is 17.9 Å². The minimum Gasteiger partial charge on any atom is -0.480 e. The van der Waals surface area contributed by atoms with E-state index in [1.54, 1.807) is 36.0 Å². The van der Waals surface area contributed by atoms with Gasteiger partial charge in [-0.05, 0) is 24.0 Å². The zero-order valence-electron chi connectivity index (χ0n) is 18.8. The molecule has 0 bridgehead atoms. The maximum absolute atomic E-state index is 12.9. The van der Waals surface area contributed by atoms with Crippen LogP contribution in [-0.2, 0) is 32.0 Å². The largest absolute Gasteiger partial charge is 0.480 e. The summed E-state index contributed by atoms with van der Waals surface area (Å²) in [5.41, 5.74) is 7.10. The molecule has 2 aromatic rings. The fourth-order valence-corrected chi connectivity index (χ4v) is 3.56. The van der Waals surface area contributed by atoms with E-state index in [-0.39, 0.29) is 19.4 Å². The summed E-state index contributed by atoms with van der Waals surface area (Å²) in [6, 6.07) is 5.87. The number of nitrogens with two attached hydrogens (primary N) is 1. The maximum atomic E-state index is 12.9. The van der Waals surface area contributed by atoms with Gasteiger partial charge in [0.15, 0.2) is 0 Å². The highest BCUT2D eigenvalue weighted by atomic mass is 32.2. The van der Waals surface area contributed by atoms with Crippen LogP contribution in [0.2, 0.25) is 0 Å². The van der Waals surface area contributed by atoms with Gasteiger partial charge in [0, 0.05) is 24.7 Å². The van der Waals surface area contributed by atoms with Crippen LogP contribution in [0.15, 0.2) is 42.9 Å². The Hall–Kier alpha value is -3.38. The number of nitrogens with one attached hydrogen (secondary N) is 4. The Morgan fingerprint density at radius 1 is 1.09 bits per heavy atom. The van der Waals surface area contributed by atoms with Gasteiger partial charge < -0.3 is 31.8 Å². The fraction of sp³-hybridized carbons (Fsp3) is 0.409. The number of nitrogens with zero attached hydrogens (tertiary/aromatic N) is 1. The summed E-state index contributed by atoms with van der Waals surface area (Å²) in [4.78, 5) is 55.9. The summed E-state index contributed by atoms with van der Waals surface area (Å²) in [5.74, 6) is -2.24. The highest BCUT2D eigenvalue weighted by molar-refractivity contribution is 7.98. The Morgan fingerprint density at radius 3 is 2.44 bits per heavy atom. The molecule has 0 aliphatic carbocycles. The third-order valence-corrected chi connectivity index (χ3v) is 5.56. The number of aliphatic carboxylic acids is 1.